The second-order valence-corrected chi connectivity index (χ2v) is 4.62. The molecule has 0 bridgehead atoms. The lowest BCUT2D eigenvalue weighted by atomic mass is 10.1. The van der Waals surface area contributed by atoms with Gasteiger partial charge in [0.2, 0.25) is 0 Å². The van der Waals surface area contributed by atoms with E-state index in [1.807, 2.05) is 0 Å². The number of rotatable bonds is 3. The average Bonchev–Trinajstić information content (AvgIpc) is 2.38. The van der Waals surface area contributed by atoms with E-state index in [1.165, 1.54) is 12.1 Å². The van der Waals surface area contributed by atoms with Gasteiger partial charge in [-0.25, -0.2) is 4.39 Å². The molecule has 0 spiro atoms. The first kappa shape index (κ1) is 14.3. The van der Waals surface area contributed by atoms with Gasteiger partial charge in [-0.15, -0.1) is 0 Å². The summed E-state index contributed by atoms with van der Waals surface area (Å²) in [6.45, 7) is 1.61. The lowest BCUT2D eigenvalue weighted by Crippen LogP contribution is -1.93. The highest BCUT2D eigenvalue weighted by Crippen LogP contribution is 2.30. The number of halogens is 2. The van der Waals surface area contributed by atoms with Crippen molar-refractivity contribution >= 4 is 11.6 Å². The van der Waals surface area contributed by atoms with Crippen molar-refractivity contribution in [3.05, 3.63) is 58.4 Å². The molecular formula is C15H11ClFNO2. The zero-order valence-electron chi connectivity index (χ0n) is 10.6. The highest BCUT2D eigenvalue weighted by Gasteiger charge is 2.09. The Labute approximate surface area is 120 Å². The number of nitriles is 1. The van der Waals surface area contributed by atoms with Gasteiger partial charge in [-0.3, -0.25) is 0 Å². The van der Waals surface area contributed by atoms with Crippen LogP contribution in [0.15, 0.2) is 36.4 Å². The highest BCUT2D eigenvalue weighted by atomic mass is 35.5. The van der Waals surface area contributed by atoms with Gasteiger partial charge in [0.1, 0.15) is 23.4 Å². The van der Waals surface area contributed by atoms with Gasteiger partial charge < -0.3 is 9.84 Å². The third kappa shape index (κ3) is 3.08. The summed E-state index contributed by atoms with van der Waals surface area (Å²) in [5.41, 5.74) is 0.546. The summed E-state index contributed by atoms with van der Waals surface area (Å²) < 4.78 is 18.9. The van der Waals surface area contributed by atoms with E-state index < -0.39 is 11.9 Å². The number of hydrogen-bond donors (Lipinski definition) is 1. The minimum atomic E-state index is -0.677. The van der Waals surface area contributed by atoms with Crippen molar-refractivity contribution in [2.75, 3.05) is 0 Å². The maximum atomic E-state index is 13.4. The molecule has 0 aliphatic carbocycles. The molecule has 3 nitrogen and oxygen atoms in total. The highest BCUT2D eigenvalue weighted by molar-refractivity contribution is 6.31. The number of ether oxygens (including phenoxy) is 1. The minimum Gasteiger partial charge on any atom is -0.457 e. The molecule has 0 saturated carbocycles. The van der Waals surface area contributed by atoms with Crippen LogP contribution in [-0.2, 0) is 0 Å². The quantitative estimate of drug-likeness (QED) is 0.922. The lowest BCUT2D eigenvalue weighted by molar-refractivity contribution is 0.199. The fourth-order valence-electron chi connectivity index (χ4n) is 1.70. The number of nitrogens with zero attached hydrogens (tertiary/aromatic N) is 1. The zero-order valence-corrected chi connectivity index (χ0v) is 11.4. The maximum Gasteiger partial charge on any atom is 0.144 e. The summed E-state index contributed by atoms with van der Waals surface area (Å²) >= 11 is 6.01. The summed E-state index contributed by atoms with van der Waals surface area (Å²) in [5, 5.41) is 18.5. The Morgan fingerprint density at radius 2 is 1.90 bits per heavy atom. The molecule has 0 fully saturated rings. The van der Waals surface area contributed by atoms with Gasteiger partial charge in [-0.1, -0.05) is 17.7 Å². The van der Waals surface area contributed by atoms with Crippen LogP contribution in [-0.4, -0.2) is 5.11 Å². The second-order valence-electron chi connectivity index (χ2n) is 4.21. The smallest absolute Gasteiger partial charge is 0.144 e. The van der Waals surface area contributed by atoms with Crippen molar-refractivity contribution in [1.82, 2.24) is 0 Å². The first-order valence-electron chi connectivity index (χ1n) is 5.86. The van der Waals surface area contributed by atoms with Crippen molar-refractivity contribution < 1.29 is 14.2 Å². The molecule has 0 aliphatic heterocycles. The molecule has 5 heteroatoms. The Hall–Kier alpha value is -2.09. The van der Waals surface area contributed by atoms with E-state index in [4.69, 9.17) is 21.6 Å². The molecule has 1 unspecified atom stereocenters. The first-order valence-corrected chi connectivity index (χ1v) is 6.24. The van der Waals surface area contributed by atoms with Gasteiger partial charge in [-0.2, -0.15) is 5.26 Å². The summed E-state index contributed by atoms with van der Waals surface area (Å²) in [4.78, 5) is 0. The standard InChI is InChI=1S/C15H11ClFNO2/c1-9(19)13-5-4-11(6-14(13)16)20-12-3-2-10(8-18)15(17)7-12/h2-7,9,19H,1H3. The molecule has 2 aromatic rings. The summed E-state index contributed by atoms with van der Waals surface area (Å²) in [7, 11) is 0. The topological polar surface area (TPSA) is 53.2 Å². The lowest BCUT2D eigenvalue weighted by Gasteiger charge is -2.10. The van der Waals surface area contributed by atoms with E-state index in [0.29, 0.717) is 16.3 Å². The van der Waals surface area contributed by atoms with Gasteiger partial charge in [0.05, 0.1) is 16.7 Å². The van der Waals surface area contributed by atoms with Crippen molar-refractivity contribution in [2.24, 2.45) is 0 Å². The molecular weight excluding hydrogens is 281 g/mol. The SMILES string of the molecule is CC(O)c1ccc(Oc2ccc(C#N)c(F)c2)cc1Cl. The van der Waals surface area contributed by atoms with Crippen LogP contribution in [0.2, 0.25) is 5.02 Å². The molecule has 2 rings (SSSR count). The van der Waals surface area contributed by atoms with Crippen LogP contribution in [0.5, 0.6) is 11.5 Å². The van der Waals surface area contributed by atoms with E-state index >= 15 is 0 Å². The number of hydrogen-bond acceptors (Lipinski definition) is 3. The van der Waals surface area contributed by atoms with Crippen molar-refractivity contribution in [1.29, 1.82) is 5.26 Å². The van der Waals surface area contributed by atoms with Crippen LogP contribution in [0.1, 0.15) is 24.2 Å². The molecule has 0 aliphatic rings. The molecule has 2 aromatic carbocycles. The minimum absolute atomic E-state index is 0.0418. The van der Waals surface area contributed by atoms with Crippen molar-refractivity contribution in [2.45, 2.75) is 13.0 Å². The third-order valence-corrected chi connectivity index (χ3v) is 3.05. The molecule has 0 aromatic heterocycles. The molecule has 0 amide bonds. The Bertz CT molecular complexity index is 680. The predicted octanol–water partition coefficient (Wildman–Crippen LogP) is 4.20. The van der Waals surface area contributed by atoms with Gasteiger partial charge in [-0.05, 0) is 36.8 Å². The van der Waals surface area contributed by atoms with Crippen LogP contribution in [0.3, 0.4) is 0 Å². The van der Waals surface area contributed by atoms with E-state index in [9.17, 15) is 9.50 Å². The molecule has 0 saturated heterocycles. The second kappa shape index (κ2) is 5.91. The van der Waals surface area contributed by atoms with E-state index in [0.717, 1.165) is 6.07 Å². The van der Waals surface area contributed by atoms with E-state index in [1.54, 1.807) is 31.2 Å². The third-order valence-electron chi connectivity index (χ3n) is 2.72. The summed E-state index contributed by atoms with van der Waals surface area (Å²) in [6.07, 6.45) is -0.677. The van der Waals surface area contributed by atoms with Crippen molar-refractivity contribution in [3.63, 3.8) is 0 Å². The first-order chi connectivity index (χ1) is 9.51. The zero-order chi connectivity index (χ0) is 14.7. The average molecular weight is 292 g/mol. The van der Waals surface area contributed by atoms with Crippen LogP contribution in [0, 0.1) is 17.1 Å². The predicted molar refractivity (Wildman–Crippen MR) is 73.3 cm³/mol. The monoisotopic (exact) mass is 291 g/mol. The summed E-state index contributed by atoms with van der Waals surface area (Å²) in [5.74, 6) is 0.0440. The van der Waals surface area contributed by atoms with Gasteiger partial charge >= 0.3 is 0 Å². The van der Waals surface area contributed by atoms with Crippen molar-refractivity contribution in [3.8, 4) is 17.6 Å². The van der Waals surface area contributed by atoms with Crippen LogP contribution >= 0.6 is 11.6 Å². The Morgan fingerprint density at radius 1 is 1.25 bits per heavy atom. The molecule has 0 radical (unpaired) electrons. The molecule has 102 valence electrons. The van der Waals surface area contributed by atoms with Crippen LogP contribution < -0.4 is 4.74 Å². The fourth-order valence-corrected chi connectivity index (χ4v) is 2.02. The Morgan fingerprint density at radius 3 is 2.45 bits per heavy atom. The number of aliphatic hydroxyl groups excluding tert-OH is 1. The largest absolute Gasteiger partial charge is 0.457 e. The molecule has 20 heavy (non-hydrogen) atoms. The number of benzene rings is 2. The number of aliphatic hydroxyl groups is 1. The Balaban J connectivity index is 2.25. The van der Waals surface area contributed by atoms with Gasteiger partial charge in [0.15, 0.2) is 0 Å². The fraction of sp³-hybridized carbons (Fsp3) is 0.133. The van der Waals surface area contributed by atoms with Crippen LogP contribution in [0.25, 0.3) is 0 Å². The summed E-state index contributed by atoms with van der Waals surface area (Å²) in [6, 6.07) is 10.5. The molecule has 0 heterocycles. The van der Waals surface area contributed by atoms with Gasteiger partial charge in [0, 0.05) is 6.07 Å². The van der Waals surface area contributed by atoms with E-state index in [-0.39, 0.29) is 11.3 Å². The molecule has 1 N–H and O–H groups in total. The van der Waals surface area contributed by atoms with Gasteiger partial charge in [0.25, 0.3) is 0 Å². The Kier molecular flexibility index (Phi) is 4.23. The molecule has 1 atom stereocenters. The maximum absolute atomic E-state index is 13.4. The normalized spacial score (nSPS) is 11.8. The van der Waals surface area contributed by atoms with E-state index in [2.05, 4.69) is 0 Å². The van der Waals surface area contributed by atoms with Crippen LogP contribution in [0.4, 0.5) is 4.39 Å².